The van der Waals surface area contributed by atoms with Gasteiger partial charge >= 0.3 is 0 Å². The molecule has 0 bridgehead atoms. The van der Waals surface area contributed by atoms with Crippen molar-refractivity contribution in [2.75, 3.05) is 19.7 Å². The van der Waals surface area contributed by atoms with Gasteiger partial charge in [0, 0.05) is 29.2 Å². The largest absolute Gasteiger partial charge is 0.361 e. The fourth-order valence-corrected chi connectivity index (χ4v) is 2.35. The van der Waals surface area contributed by atoms with Crippen molar-refractivity contribution in [2.24, 2.45) is 0 Å². The molecule has 1 N–H and O–H groups in total. The first kappa shape index (κ1) is 11.8. The predicted molar refractivity (Wildman–Crippen MR) is 69.6 cm³/mol. The lowest BCUT2D eigenvalue weighted by Gasteiger charge is -2.30. The standard InChI is InChI=1S/C14H13N3O2/c15-8-10-9-17(6-7-19-10)14(18)12-2-1-3-13-11(12)4-5-16-13/h1-5,10,16H,6-7,9H2. The Hall–Kier alpha value is -2.32. The zero-order chi connectivity index (χ0) is 13.2. The highest BCUT2D eigenvalue weighted by atomic mass is 16.5. The number of hydrogen-bond acceptors (Lipinski definition) is 3. The Kier molecular flexibility index (Phi) is 2.94. The van der Waals surface area contributed by atoms with Crippen molar-refractivity contribution < 1.29 is 9.53 Å². The Morgan fingerprint density at radius 1 is 1.47 bits per heavy atom. The van der Waals surface area contributed by atoms with Crippen LogP contribution in [0.25, 0.3) is 10.9 Å². The number of carbonyl (C=O) groups excluding carboxylic acids is 1. The SMILES string of the molecule is N#CC1CN(C(=O)c2cccc3[nH]ccc23)CCO1. The Labute approximate surface area is 110 Å². The van der Waals surface area contributed by atoms with Crippen LogP contribution in [0.1, 0.15) is 10.4 Å². The molecule has 19 heavy (non-hydrogen) atoms. The van der Waals surface area contributed by atoms with Crippen molar-refractivity contribution in [2.45, 2.75) is 6.10 Å². The number of nitrogens with zero attached hydrogens (tertiary/aromatic N) is 2. The van der Waals surface area contributed by atoms with Crippen LogP contribution < -0.4 is 0 Å². The van der Waals surface area contributed by atoms with E-state index < -0.39 is 6.10 Å². The summed E-state index contributed by atoms with van der Waals surface area (Å²) < 4.78 is 5.25. The quantitative estimate of drug-likeness (QED) is 0.840. The van der Waals surface area contributed by atoms with E-state index in [0.29, 0.717) is 25.3 Å². The first-order chi connectivity index (χ1) is 9.29. The van der Waals surface area contributed by atoms with Crippen LogP contribution in [-0.4, -0.2) is 41.6 Å². The Balaban J connectivity index is 1.91. The molecule has 1 atom stereocenters. The van der Waals surface area contributed by atoms with Crippen molar-refractivity contribution in [3.8, 4) is 6.07 Å². The highest BCUT2D eigenvalue weighted by Crippen LogP contribution is 2.20. The van der Waals surface area contributed by atoms with Gasteiger partial charge < -0.3 is 14.6 Å². The monoisotopic (exact) mass is 255 g/mol. The summed E-state index contributed by atoms with van der Waals surface area (Å²) in [6, 6.07) is 9.55. The number of ether oxygens (including phenoxy) is 1. The summed E-state index contributed by atoms with van der Waals surface area (Å²) in [5, 5.41) is 9.79. The number of fused-ring (bicyclic) bond motifs is 1. The van der Waals surface area contributed by atoms with Gasteiger partial charge in [0.05, 0.1) is 19.2 Å². The molecule has 0 radical (unpaired) electrons. The second kappa shape index (κ2) is 4.75. The van der Waals surface area contributed by atoms with Gasteiger partial charge in [-0.05, 0) is 18.2 Å². The Bertz CT molecular complexity index is 656. The molecule has 96 valence electrons. The van der Waals surface area contributed by atoms with Gasteiger partial charge in [0.2, 0.25) is 0 Å². The molecule has 2 heterocycles. The van der Waals surface area contributed by atoms with Crippen LogP contribution in [0.5, 0.6) is 0 Å². The van der Waals surface area contributed by atoms with Gasteiger partial charge in [-0.2, -0.15) is 5.26 Å². The number of hydrogen-bond donors (Lipinski definition) is 1. The lowest BCUT2D eigenvalue weighted by Crippen LogP contribution is -2.45. The molecule has 1 aliphatic heterocycles. The fraction of sp³-hybridized carbons (Fsp3) is 0.286. The minimum atomic E-state index is -0.525. The molecule has 0 saturated carbocycles. The molecule has 1 aromatic heterocycles. The van der Waals surface area contributed by atoms with Gasteiger partial charge in [-0.1, -0.05) is 6.07 Å². The van der Waals surface area contributed by atoms with Crippen molar-refractivity contribution in [3.63, 3.8) is 0 Å². The van der Waals surface area contributed by atoms with Crippen LogP contribution in [0, 0.1) is 11.3 Å². The lowest BCUT2D eigenvalue weighted by atomic mass is 10.1. The van der Waals surface area contributed by atoms with Crippen molar-refractivity contribution >= 4 is 16.8 Å². The molecule has 1 saturated heterocycles. The second-order valence-corrected chi connectivity index (χ2v) is 4.48. The van der Waals surface area contributed by atoms with Crippen molar-refractivity contribution in [1.82, 2.24) is 9.88 Å². The molecule has 0 spiro atoms. The number of aromatic amines is 1. The van der Waals surface area contributed by atoms with Gasteiger partial charge in [-0.3, -0.25) is 4.79 Å². The molecule has 3 rings (SSSR count). The van der Waals surface area contributed by atoms with E-state index in [9.17, 15) is 4.79 Å². The molecule has 5 heteroatoms. The summed E-state index contributed by atoms with van der Waals surface area (Å²) in [6.07, 6.45) is 1.29. The summed E-state index contributed by atoms with van der Waals surface area (Å²) in [6.45, 7) is 1.26. The normalized spacial score (nSPS) is 19.3. The molecule has 0 aliphatic carbocycles. The zero-order valence-corrected chi connectivity index (χ0v) is 10.3. The van der Waals surface area contributed by atoms with Gasteiger partial charge in [0.15, 0.2) is 6.10 Å². The van der Waals surface area contributed by atoms with Crippen LogP contribution in [-0.2, 0) is 4.74 Å². The molecule has 1 aromatic carbocycles. The van der Waals surface area contributed by atoms with Gasteiger partial charge in [0.25, 0.3) is 5.91 Å². The minimum absolute atomic E-state index is 0.0475. The number of morpholine rings is 1. The average Bonchev–Trinajstić information content (AvgIpc) is 2.95. The molecule has 2 aromatic rings. The highest BCUT2D eigenvalue weighted by molar-refractivity contribution is 6.06. The zero-order valence-electron chi connectivity index (χ0n) is 10.3. The number of amides is 1. The van der Waals surface area contributed by atoms with Gasteiger partial charge in [-0.25, -0.2) is 0 Å². The van der Waals surface area contributed by atoms with E-state index in [0.717, 1.165) is 10.9 Å². The summed E-state index contributed by atoms with van der Waals surface area (Å²) in [5.41, 5.74) is 1.60. The van der Waals surface area contributed by atoms with E-state index in [1.807, 2.05) is 30.5 Å². The number of nitrogens with one attached hydrogen (secondary N) is 1. The van der Waals surface area contributed by atoms with Gasteiger partial charge in [-0.15, -0.1) is 0 Å². The van der Waals surface area contributed by atoms with Crippen LogP contribution in [0.4, 0.5) is 0 Å². The molecular formula is C14H13N3O2. The van der Waals surface area contributed by atoms with Crippen LogP contribution in [0.3, 0.4) is 0 Å². The third-order valence-electron chi connectivity index (χ3n) is 3.32. The first-order valence-electron chi connectivity index (χ1n) is 6.16. The van der Waals surface area contributed by atoms with E-state index in [1.165, 1.54) is 0 Å². The fourth-order valence-electron chi connectivity index (χ4n) is 2.35. The summed E-state index contributed by atoms with van der Waals surface area (Å²) >= 11 is 0. The molecule has 5 nitrogen and oxygen atoms in total. The number of rotatable bonds is 1. The molecule has 1 aliphatic rings. The Morgan fingerprint density at radius 2 is 2.37 bits per heavy atom. The number of benzene rings is 1. The lowest BCUT2D eigenvalue weighted by molar-refractivity contribution is 0.00356. The molecule has 1 fully saturated rings. The van der Waals surface area contributed by atoms with Crippen molar-refractivity contribution in [1.29, 1.82) is 5.26 Å². The number of aromatic nitrogens is 1. The van der Waals surface area contributed by atoms with Crippen LogP contribution in [0.2, 0.25) is 0 Å². The maximum Gasteiger partial charge on any atom is 0.254 e. The summed E-state index contributed by atoms with van der Waals surface area (Å²) in [4.78, 5) is 17.3. The number of H-pyrrole nitrogens is 1. The van der Waals surface area contributed by atoms with Crippen molar-refractivity contribution in [3.05, 3.63) is 36.0 Å². The third-order valence-corrected chi connectivity index (χ3v) is 3.32. The number of carbonyl (C=O) groups is 1. The maximum atomic E-state index is 12.5. The van der Waals surface area contributed by atoms with E-state index >= 15 is 0 Å². The average molecular weight is 255 g/mol. The van der Waals surface area contributed by atoms with Crippen LogP contribution in [0.15, 0.2) is 30.5 Å². The van der Waals surface area contributed by atoms with Crippen LogP contribution >= 0.6 is 0 Å². The minimum Gasteiger partial charge on any atom is -0.361 e. The molecule has 1 unspecified atom stereocenters. The van der Waals surface area contributed by atoms with E-state index in [1.54, 1.807) is 4.90 Å². The van der Waals surface area contributed by atoms with E-state index in [2.05, 4.69) is 11.1 Å². The highest BCUT2D eigenvalue weighted by Gasteiger charge is 2.25. The molecule has 1 amide bonds. The predicted octanol–water partition coefficient (Wildman–Crippen LogP) is 1.53. The maximum absolute atomic E-state index is 12.5. The summed E-state index contributed by atoms with van der Waals surface area (Å²) in [5.74, 6) is -0.0475. The van der Waals surface area contributed by atoms with Gasteiger partial charge in [0.1, 0.15) is 0 Å². The summed E-state index contributed by atoms with van der Waals surface area (Å²) in [7, 11) is 0. The van der Waals surface area contributed by atoms with E-state index in [4.69, 9.17) is 10.00 Å². The molecular weight excluding hydrogens is 242 g/mol. The topological polar surface area (TPSA) is 69.1 Å². The Morgan fingerprint density at radius 3 is 3.21 bits per heavy atom. The van der Waals surface area contributed by atoms with E-state index in [-0.39, 0.29) is 5.91 Å². The number of nitriles is 1. The first-order valence-corrected chi connectivity index (χ1v) is 6.16. The third kappa shape index (κ3) is 2.07. The second-order valence-electron chi connectivity index (χ2n) is 4.48. The smallest absolute Gasteiger partial charge is 0.254 e.